The molecule has 1 saturated heterocycles. The second kappa shape index (κ2) is 11.0. The van der Waals surface area contributed by atoms with Crippen molar-refractivity contribution in [3.63, 3.8) is 0 Å². The van der Waals surface area contributed by atoms with Gasteiger partial charge in [-0.1, -0.05) is 19.3 Å². The highest BCUT2D eigenvalue weighted by Crippen LogP contribution is 2.17. The van der Waals surface area contributed by atoms with E-state index < -0.39 is 6.04 Å². The first kappa shape index (κ1) is 20.5. The Morgan fingerprint density at radius 2 is 1.81 bits per heavy atom. The first-order chi connectivity index (χ1) is 12.6. The van der Waals surface area contributed by atoms with Crippen molar-refractivity contribution in [3.05, 3.63) is 0 Å². The Bertz CT molecular complexity index is 474. The van der Waals surface area contributed by atoms with Crippen LogP contribution in [0.4, 0.5) is 4.79 Å². The maximum atomic E-state index is 12.2. The molecule has 0 spiro atoms. The fraction of sp³-hybridized carbons (Fsp3) is 0.833. The number of nitrogens with one attached hydrogen (secondary N) is 3. The molecule has 148 valence electrons. The van der Waals surface area contributed by atoms with E-state index in [4.69, 9.17) is 4.74 Å². The van der Waals surface area contributed by atoms with Crippen LogP contribution in [0.2, 0.25) is 0 Å². The van der Waals surface area contributed by atoms with Gasteiger partial charge in [-0.2, -0.15) is 0 Å². The van der Waals surface area contributed by atoms with E-state index in [1.54, 1.807) is 11.8 Å². The number of ether oxygens (including phenoxy) is 1. The number of rotatable bonds is 7. The number of hydrogen-bond donors (Lipinski definition) is 3. The second-order valence-electron chi connectivity index (χ2n) is 7.07. The molecule has 8 nitrogen and oxygen atoms in total. The van der Waals surface area contributed by atoms with Crippen LogP contribution < -0.4 is 16.0 Å². The van der Waals surface area contributed by atoms with Crippen molar-refractivity contribution in [2.45, 2.75) is 64.0 Å². The van der Waals surface area contributed by atoms with Crippen molar-refractivity contribution in [1.82, 2.24) is 20.9 Å². The Kier molecular flexibility index (Phi) is 8.67. The molecule has 1 heterocycles. The molecule has 26 heavy (non-hydrogen) atoms. The van der Waals surface area contributed by atoms with Crippen molar-refractivity contribution in [2.24, 2.45) is 0 Å². The predicted molar refractivity (Wildman–Crippen MR) is 97.6 cm³/mol. The Balaban J connectivity index is 1.55. The van der Waals surface area contributed by atoms with Crippen molar-refractivity contribution < 1.29 is 19.1 Å². The van der Waals surface area contributed by atoms with E-state index >= 15 is 0 Å². The summed E-state index contributed by atoms with van der Waals surface area (Å²) in [6, 6.07) is -0.421. The molecule has 1 saturated carbocycles. The summed E-state index contributed by atoms with van der Waals surface area (Å²) in [6.45, 7) is 4.36. The summed E-state index contributed by atoms with van der Waals surface area (Å²) < 4.78 is 5.22. The first-order valence-electron chi connectivity index (χ1n) is 9.76. The fourth-order valence-electron chi connectivity index (χ4n) is 3.37. The molecular weight excluding hydrogens is 336 g/mol. The van der Waals surface area contributed by atoms with Gasteiger partial charge in [0.15, 0.2) is 0 Å². The minimum atomic E-state index is -0.539. The molecule has 3 N–H and O–H groups in total. The average Bonchev–Trinajstić information content (AvgIpc) is 2.66. The zero-order valence-electron chi connectivity index (χ0n) is 15.7. The smallest absolute Gasteiger partial charge is 0.315 e. The minimum Gasteiger partial charge on any atom is -0.378 e. The highest BCUT2D eigenvalue weighted by Gasteiger charge is 2.23. The summed E-state index contributed by atoms with van der Waals surface area (Å²) >= 11 is 0. The summed E-state index contributed by atoms with van der Waals surface area (Å²) in [6.07, 6.45) is 6.52. The van der Waals surface area contributed by atoms with Gasteiger partial charge in [-0.25, -0.2) is 4.79 Å². The lowest BCUT2D eigenvalue weighted by atomic mass is 9.96. The second-order valence-corrected chi connectivity index (χ2v) is 7.07. The molecule has 1 atom stereocenters. The van der Waals surface area contributed by atoms with Gasteiger partial charge in [-0.05, 0) is 26.2 Å². The monoisotopic (exact) mass is 368 g/mol. The van der Waals surface area contributed by atoms with Gasteiger partial charge in [-0.3, -0.25) is 9.59 Å². The Morgan fingerprint density at radius 1 is 1.12 bits per heavy atom. The lowest BCUT2D eigenvalue weighted by molar-refractivity contribution is -0.139. The SMILES string of the molecule is CC(NC(=O)CCCNC(=O)NC1CCCCC1)C(=O)N1CCOCC1. The van der Waals surface area contributed by atoms with Gasteiger partial charge in [0.05, 0.1) is 13.2 Å². The summed E-state index contributed by atoms with van der Waals surface area (Å²) in [7, 11) is 0. The lowest BCUT2D eigenvalue weighted by Crippen LogP contribution is -2.50. The van der Waals surface area contributed by atoms with Gasteiger partial charge < -0.3 is 25.6 Å². The highest BCUT2D eigenvalue weighted by atomic mass is 16.5. The summed E-state index contributed by atoms with van der Waals surface area (Å²) in [5, 5.41) is 8.50. The number of urea groups is 1. The molecule has 1 aliphatic carbocycles. The fourth-order valence-corrected chi connectivity index (χ4v) is 3.37. The van der Waals surface area contributed by atoms with Crippen LogP contribution in [-0.2, 0) is 14.3 Å². The van der Waals surface area contributed by atoms with Crippen molar-refractivity contribution in [3.8, 4) is 0 Å². The lowest BCUT2D eigenvalue weighted by Gasteiger charge is -2.29. The van der Waals surface area contributed by atoms with E-state index in [-0.39, 0.29) is 30.3 Å². The molecule has 1 aliphatic heterocycles. The molecule has 0 aromatic carbocycles. The van der Waals surface area contributed by atoms with E-state index in [1.807, 2.05) is 0 Å². The maximum Gasteiger partial charge on any atom is 0.315 e. The van der Waals surface area contributed by atoms with Crippen LogP contribution in [0, 0.1) is 0 Å². The summed E-state index contributed by atoms with van der Waals surface area (Å²) in [4.78, 5) is 37.7. The Hall–Kier alpha value is -1.83. The quantitative estimate of drug-likeness (QED) is 0.578. The Morgan fingerprint density at radius 3 is 2.50 bits per heavy atom. The molecular formula is C18H32N4O4. The molecule has 2 aliphatic rings. The van der Waals surface area contributed by atoms with E-state index in [1.165, 1.54) is 19.3 Å². The van der Waals surface area contributed by atoms with E-state index in [9.17, 15) is 14.4 Å². The van der Waals surface area contributed by atoms with Crippen molar-refractivity contribution in [2.75, 3.05) is 32.8 Å². The number of carbonyl (C=O) groups excluding carboxylic acids is 3. The molecule has 0 aromatic rings. The highest BCUT2D eigenvalue weighted by molar-refractivity contribution is 5.87. The van der Waals surface area contributed by atoms with Crippen molar-refractivity contribution in [1.29, 1.82) is 0 Å². The topological polar surface area (TPSA) is 99.8 Å². The van der Waals surface area contributed by atoms with Gasteiger partial charge in [0.25, 0.3) is 0 Å². The van der Waals surface area contributed by atoms with Gasteiger partial charge >= 0.3 is 6.03 Å². The minimum absolute atomic E-state index is 0.0772. The van der Waals surface area contributed by atoms with Gasteiger partial charge in [0, 0.05) is 32.1 Å². The summed E-state index contributed by atoms with van der Waals surface area (Å²) in [5.74, 6) is -0.250. The maximum absolute atomic E-state index is 12.2. The number of amides is 4. The van der Waals surface area contributed by atoms with Crippen LogP contribution in [0.3, 0.4) is 0 Å². The van der Waals surface area contributed by atoms with Crippen LogP contribution in [-0.4, -0.2) is 67.7 Å². The van der Waals surface area contributed by atoms with E-state index in [0.717, 1.165) is 12.8 Å². The van der Waals surface area contributed by atoms with Crippen LogP contribution in [0.15, 0.2) is 0 Å². The largest absolute Gasteiger partial charge is 0.378 e. The third-order valence-electron chi connectivity index (χ3n) is 4.88. The van der Waals surface area contributed by atoms with Gasteiger partial charge in [0.2, 0.25) is 11.8 Å². The standard InChI is InChI=1S/C18H32N4O4/c1-14(17(24)22-10-12-26-13-11-22)20-16(23)8-5-9-19-18(25)21-15-6-3-2-4-7-15/h14-15H,2-13H2,1H3,(H,20,23)(H2,19,21,25). The Labute approximate surface area is 155 Å². The molecule has 2 rings (SSSR count). The molecule has 2 fully saturated rings. The average molecular weight is 368 g/mol. The predicted octanol–water partition coefficient (Wildman–Crippen LogP) is 0.762. The van der Waals surface area contributed by atoms with Crippen LogP contribution in [0.25, 0.3) is 0 Å². The third-order valence-corrected chi connectivity index (χ3v) is 4.88. The van der Waals surface area contributed by atoms with Gasteiger partial charge in [-0.15, -0.1) is 0 Å². The number of morpholine rings is 1. The molecule has 0 aromatic heterocycles. The first-order valence-corrected chi connectivity index (χ1v) is 9.76. The molecule has 1 unspecified atom stereocenters. The number of hydrogen-bond acceptors (Lipinski definition) is 4. The summed E-state index contributed by atoms with van der Waals surface area (Å²) in [5.41, 5.74) is 0. The number of carbonyl (C=O) groups is 3. The van der Waals surface area contributed by atoms with Crippen molar-refractivity contribution >= 4 is 17.8 Å². The third kappa shape index (κ3) is 7.19. The van der Waals surface area contributed by atoms with Crippen LogP contribution in [0.5, 0.6) is 0 Å². The molecule has 0 bridgehead atoms. The zero-order chi connectivity index (χ0) is 18.8. The van der Waals surface area contributed by atoms with Crippen LogP contribution >= 0.6 is 0 Å². The normalized spacial score (nSPS) is 19.5. The number of nitrogens with zero attached hydrogens (tertiary/aromatic N) is 1. The molecule has 4 amide bonds. The molecule has 0 radical (unpaired) electrons. The molecule has 8 heteroatoms. The van der Waals surface area contributed by atoms with E-state index in [2.05, 4.69) is 16.0 Å². The van der Waals surface area contributed by atoms with Gasteiger partial charge in [0.1, 0.15) is 6.04 Å². The van der Waals surface area contributed by atoms with E-state index in [0.29, 0.717) is 39.3 Å². The zero-order valence-corrected chi connectivity index (χ0v) is 15.7. The van der Waals surface area contributed by atoms with Crippen LogP contribution in [0.1, 0.15) is 51.9 Å².